The summed E-state index contributed by atoms with van der Waals surface area (Å²) >= 11 is 0. The zero-order valence-electron chi connectivity index (χ0n) is 18.1. The van der Waals surface area contributed by atoms with Crippen LogP contribution in [0.4, 0.5) is 5.69 Å². The molecule has 2 rings (SSSR count). The number of piperidine rings is 1. The van der Waals surface area contributed by atoms with Gasteiger partial charge in [-0.05, 0) is 59.1 Å². The molecule has 0 aliphatic carbocycles. The highest BCUT2D eigenvalue weighted by Crippen LogP contribution is 2.38. The van der Waals surface area contributed by atoms with Gasteiger partial charge < -0.3 is 20.7 Å². The second kappa shape index (κ2) is 8.95. The first kappa shape index (κ1) is 22.9. The number of carbonyl (C=O) groups is 3. The van der Waals surface area contributed by atoms with Gasteiger partial charge in [0.1, 0.15) is 0 Å². The Morgan fingerprint density at radius 2 is 1.72 bits per heavy atom. The number of unbranched alkanes of at least 4 members (excludes halogenated alkanes) is 1. The van der Waals surface area contributed by atoms with E-state index in [0.29, 0.717) is 19.4 Å². The largest absolute Gasteiger partial charge is 0.462 e. The van der Waals surface area contributed by atoms with E-state index in [1.807, 2.05) is 34.6 Å². The third-order valence-electron chi connectivity index (χ3n) is 5.26. The molecule has 0 atom stereocenters. The van der Waals surface area contributed by atoms with Crippen LogP contribution in [0.1, 0.15) is 70.7 Å². The Hall–Kier alpha value is -2.41. The summed E-state index contributed by atoms with van der Waals surface area (Å²) in [5, 5.41) is 2.60. The zero-order valence-corrected chi connectivity index (χ0v) is 18.1. The maximum atomic E-state index is 13.1. The third kappa shape index (κ3) is 5.35. The number of nitrogens with two attached hydrogens (primary N) is 1. The molecule has 0 saturated carbocycles. The lowest BCUT2D eigenvalue weighted by Gasteiger charge is -2.54. The lowest BCUT2D eigenvalue weighted by atomic mass is 9.77. The number of hydrogen-bond donors (Lipinski definition) is 2. The molecule has 1 heterocycles. The average molecular weight is 404 g/mol. The smallest absolute Gasteiger partial charge is 0.340 e. The minimum absolute atomic E-state index is 0.0364. The lowest BCUT2D eigenvalue weighted by Crippen LogP contribution is -2.66. The quantitative estimate of drug-likeness (QED) is 0.447. The van der Waals surface area contributed by atoms with E-state index in [4.69, 9.17) is 10.5 Å². The van der Waals surface area contributed by atoms with Crippen molar-refractivity contribution in [2.45, 2.75) is 77.4 Å². The van der Waals surface area contributed by atoms with Gasteiger partial charge in [0, 0.05) is 17.1 Å². The fourth-order valence-electron chi connectivity index (χ4n) is 4.34. The van der Waals surface area contributed by atoms with Gasteiger partial charge >= 0.3 is 17.8 Å². The Morgan fingerprint density at radius 1 is 1.14 bits per heavy atom. The lowest BCUT2D eigenvalue weighted by molar-refractivity contribution is -0.156. The number of anilines is 1. The summed E-state index contributed by atoms with van der Waals surface area (Å²) in [7, 11) is 0. The minimum Gasteiger partial charge on any atom is -0.462 e. The molecule has 0 aromatic heterocycles. The van der Waals surface area contributed by atoms with Crippen molar-refractivity contribution >= 4 is 23.5 Å². The van der Waals surface area contributed by atoms with E-state index >= 15 is 0 Å². The molecule has 0 spiro atoms. The van der Waals surface area contributed by atoms with Gasteiger partial charge in [-0.3, -0.25) is 9.59 Å². The Labute approximate surface area is 173 Å². The number of nitrogens with one attached hydrogen (secondary N) is 1. The number of para-hydroxylation sites is 1. The number of benzene rings is 1. The predicted molar refractivity (Wildman–Crippen MR) is 112 cm³/mol. The van der Waals surface area contributed by atoms with Gasteiger partial charge in [0.2, 0.25) is 0 Å². The van der Waals surface area contributed by atoms with Crippen LogP contribution in [0.2, 0.25) is 0 Å². The van der Waals surface area contributed by atoms with Gasteiger partial charge in [0.25, 0.3) is 0 Å². The van der Waals surface area contributed by atoms with Gasteiger partial charge in [-0.15, -0.1) is 0 Å². The van der Waals surface area contributed by atoms with Crippen LogP contribution in [0.15, 0.2) is 24.3 Å². The minimum atomic E-state index is -0.782. The van der Waals surface area contributed by atoms with Crippen molar-refractivity contribution in [2.24, 2.45) is 5.73 Å². The van der Waals surface area contributed by atoms with E-state index in [9.17, 15) is 14.4 Å². The summed E-state index contributed by atoms with van der Waals surface area (Å²) in [6, 6.07) is 6.50. The van der Waals surface area contributed by atoms with Crippen LogP contribution in [-0.4, -0.2) is 46.4 Å². The molecule has 29 heavy (non-hydrogen) atoms. The van der Waals surface area contributed by atoms with Crippen molar-refractivity contribution in [2.75, 3.05) is 11.9 Å². The van der Waals surface area contributed by atoms with Crippen LogP contribution in [0, 0.1) is 0 Å². The molecule has 1 aromatic rings. The van der Waals surface area contributed by atoms with Gasteiger partial charge in [0.15, 0.2) is 0 Å². The molecule has 7 heteroatoms. The summed E-state index contributed by atoms with van der Waals surface area (Å²) in [5.74, 6) is -1.94. The van der Waals surface area contributed by atoms with Crippen molar-refractivity contribution < 1.29 is 19.1 Å². The first-order valence-electron chi connectivity index (χ1n) is 10.2. The Morgan fingerprint density at radius 3 is 2.31 bits per heavy atom. The number of nitrogens with zero attached hydrogens (tertiary/aromatic N) is 1. The van der Waals surface area contributed by atoms with Crippen LogP contribution in [0.25, 0.3) is 0 Å². The Kier molecular flexibility index (Phi) is 7.06. The van der Waals surface area contributed by atoms with E-state index in [-0.39, 0.29) is 17.3 Å². The normalized spacial score (nSPS) is 18.2. The fraction of sp³-hybridized carbons (Fsp3) is 0.591. The van der Waals surface area contributed by atoms with Crippen molar-refractivity contribution in [1.29, 1.82) is 0 Å². The van der Waals surface area contributed by atoms with Crippen molar-refractivity contribution in [3.8, 4) is 0 Å². The molecule has 0 unspecified atom stereocenters. The number of ether oxygens (including phenoxy) is 1. The summed E-state index contributed by atoms with van der Waals surface area (Å²) in [4.78, 5) is 39.9. The van der Waals surface area contributed by atoms with E-state index in [0.717, 1.165) is 12.8 Å². The van der Waals surface area contributed by atoms with E-state index < -0.39 is 28.9 Å². The van der Waals surface area contributed by atoms with Gasteiger partial charge in [-0.2, -0.15) is 0 Å². The van der Waals surface area contributed by atoms with Gasteiger partial charge in [-0.25, -0.2) is 4.79 Å². The maximum absolute atomic E-state index is 13.1. The van der Waals surface area contributed by atoms with Crippen molar-refractivity contribution in [3.63, 3.8) is 0 Å². The molecule has 160 valence electrons. The molecule has 7 nitrogen and oxygen atoms in total. The molecule has 1 aliphatic heterocycles. The highest BCUT2D eigenvalue weighted by atomic mass is 16.5. The van der Waals surface area contributed by atoms with Crippen LogP contribution in [0.3, 0.4) is 0 Å². The van der Waals surface area contributed by atoms with E-state index in [1.54, 1.807) is 29.2 Å². The third-order valence-corrected chi connectivity index (χ3v) is 5.26. The number of carbonyl (C=O) groups excluding carboxylic acids is 3. The highest BCUT2D eigenvalue weighted by Gasteiger charge is 2.48. The van der Waals surface area contributed by atoms with E-state index in [2.05, 4.69) is 5.32 Å². The first-order valence-corrected chi connectivity index (χ1v) is 10.2. The number of likely N-dealkylation sites (tertiary alicyclic amines) is 1. The monoisotopic (exact) mass is 403 g/mol. The number of hydrogen-bond acceptors (Lipinski definition) is 5. The zero-order chi connectivity index (χ0) is 21.8. The first-order chi connectivity index (χ1) is 13.5. The Bertz CT molecular complexity index is 755. The molecule has 3 N–H and O–H groups in total. The maximum Gasteiger partial charge on any atom is 0.340 e. The highest BCUT2D eigenvalue weighted by molar-refractivity contribution is 6.40. The number of rotatable bonds is 5. The van der Waals surface area contributed by atoms with Crippen molar-refractivity contribution in [1.82, 2.24) is 4.90 Å². The molecule has 1 aliphatic rings. The molecular weight excluding hydrogens is 370 g/mol. The summed E-state index contributed by atoms with van der Waals surface area (Å²) < 4.78 is 5.25. The van der Waals surface area contributed by atoms with Crippen molar-refractivity contribution in [3.05, 3.63) is 29.8 Å². The standard InChI is InChI=1S/C22H33N3O4/c1-6-7-12-29-20(28)16-10-8-9-11-17(16)24-18(26)19(27)25-21(2,3)13-15(23)14-22(25,4)5/h8-11,15H,6-7,12-14,23H2,1-5H3,(H,24,26). The Balaban J connectivity index is 2.20. The number of amides is 2. The predicted octanol–water partition coefficient (Wildman–Crippen LogP) is 3.09. The molecular formula is C22H33N3O4. The van der Waals surface area contributed by atoms with Crippen LogP contribution >= 0.6 is 0 Å². The topological polar surface area (TPSA) is 102 Å². The van der Waals surface area contributed by atoms with Gasteiger partial charge in [-0.1, -0.05) is 25.5 Å². The van der Waals surface area contributed by atoms with Crippen LogP contribution in [0.5, 0.6) is 0 Å². The molecule has 0 bridgehead atoms. The molecule has 2 amide bonds. The van der Waals surface area contributed by atoms with Crippen LogP contribution in [-0.2, 0) is 14.3 Å². The molecule has 1 saturated heterocycles. The summed E-state index contributed by atoms with van der Waals surface area (Å²) in [5.41, 5.74) is 5.53. The summed E-state index contributed by atoms with van der Waals surface area (Å²) in [6.07, 6.45) is 2.89. The van der Waals surface area contributed by atoms with Gasteiger partial charge in [0.05, 0.1) is 17.9 Å². The fourth-order valence-corrected chi connectivity index (χ4v) is 4.34. The second-order valence-corrected chi connectivity index (χ2v) is 8.92. The number of esters is 1. The second-order valence-electron chi connectivity index (χ2n) is 8.92. The molecule has 1 fully saturated rings. The molecule has 1 aromatic carbocycles. The van der Waals surface area contributed by atoms with Crippen LogP contribution < -0.4 is 11.1 Å². The average Bonchev–Trinajstić information content (AvgIpc) is 2.59. The molecule has 0 radical (unpaired) electrons. The van der Waals surface area contributed by atoms with E-state index in [1.165, 1.54) is 0 Å². The summed E-state index contributed by atoms with van der Waals surface area (Å²) in [6.45, 7) is 9.98. The SMILES string of the molecule is CCCCOC(=O)c1ccccc1NC(=O)C(=O)N1C(C)(C)CC(N)CC1(C)C.